The molecule has 5 aromatic rings. The number of anilines is 1. The van der Waals surface area contributed by atoms with Crippen LogP contribution in [-0.2, 0) is 12.7 Å². The Hall–Kier alpha value is -4.37. The fraction of sp³-hybridized carbons (Fsp3) is 0.0714. The van der Waals surface area contributed by atoms with Crippen molar-refractivity contribution in [2.45, 2.75) is 12.7 Å². The lowest BCUT2D eigenvalue weighted by molar-refractivity contribution is -0.136. The van der Waals surface area contributed by atoms with E-state index in [1.165, 1.54) is 23.1 Å². The topological polar surface area (TPSA) is 63.2 Å². The van der Waals surface area contributed by atoms with Gasteiger partial charge in [-0.25, -0.2) is 4.98 Å². The van der Waals surface area contributed by atoms with Crippen molar-refractivity contribution in [1.82, 2.24) is 9.97 Å². The Morgan fingerprint density at radius 2 is 1.43 bits per heavy atom. The molecule has 5 rings (SSSR count). The van der Waals surface area contributed by atoms with Gasteiger partial charge in [0.15, 0.2) is 10.9 Å². The lowest BCUT2D eigenvalue weighted by Gasteiger charge is -2.20. The number of carbonyl (C=O) groups is 2. The first-order valence-corrected chi connectivity index (χ1v) is 12.0. The Bertz CT molecular complexity index is 1570. The molecule has 0 unspecified atom stereocenters. The standard InChI is InChI=1S/C28H18F3N3O2S/c29-28(30,31)22-7-4-8-23-24(22)33-27(37-23)34(17-18-13-15-32-16-14-18)26(36)21-11-9-20(10-12-21)25(35)19-5-2-1-3-6-19/h1-16H,17H2. The number of halogens is 3. The zero-order chi connectivity index (χ0) is 26.0. The van der Waals surface area contributed by atoms with Crippen LogP contribution in [0.5, 0.6) is 0 Å². The average molecular weight is 518 g/mol. The molecule has 37 heavy (non-hydrogen) atoms. The van der Waals surface area contributed by atoms with Gasteiger partial charge in [-0.3, -0.25) is 19.5 Å². The number of pyridine rings is 1. The van der Waals surface area contributed by atoms with E-state index in [4.69, 9.17) is 0 Å². The number of alkyl halides is 3. The SMILES string of the molecule is O=C(c1ccccc1)c1ccc(C(=O)N(Cc2ccncc2)c2nc3c(C(F)(F)F)cccc3s2)cc1. The summed E-state index contributed by atoms with van der Waals surface area (Å²) in [6.07, 6.45) is -1.43. The average Bonchev–Trinajstić information content (AvgIpc) is 3.35. The maximum absolute atomic E-state index is 13.6. The van der Waals surface area contributed by atoms with Crippen LogP contribution in [0.1, 0.15) is 37.4 Å². The first-order valence-electron chi connectivity index (χ1n) is 11.2. The summed E-state index contributed by atoms with van der Waals surface area (Å²) in [5.74, 6) is -0.637. The molecule has 0 bridgehead atoms. The second-order valence-electron chi connectivity index (χ2n) is 8.17. The van der Waals surface area contributed by atoms with E-state index in [9.17, 15) is 22.8 Å². The highest BCUT2D eigenvalue weighted by atomic mass is 32.1. The summed E-state index contributed by atoms with van der Waals surface area (Å²) in [6, 6.07) is 22.2. The first-order chi connectivity index (χ1) is 17.8. The van der Waals surface area contributed by atoms with Crippen LogP contribution in [0.4, 0.5) is 18.3 Å². The van der Waals surface area contributed by atoms with E-state index in [0.717, 1.165) is 23.0 Å². The molecule has 0 N–H and O–H groups in total. The summed E-state index contributed by atoms with van der Waals surface area (Å²) in [5, 5.41) is 0.137. The van der Waals surface area contributed by atoms with Crippen LogP contribution in [0.15, 0.2) is 97.3 Å². The lowest BCUT2D eigenvalue weighted by Crippen LogP contribution is -2.30. The molecule has 2 aromatic heterocycles. The van der Waals surface area contributed by atoms with Gasteiger partial charge in [0.1, 0.15) is 0 Å². The third-order valence-corrected chi connectivity index (χ3v) is 6.75. The van der Waals surface area contributed by atoms with Gasteiger partial charge in [-0.1, -0.05) is 59.9 Å². The minimum atomic E-state index is -4.58. The number of para-hydroxylation sites is 1. The molecule has 0 aliphatic carbocycles. The van der Waals surface area contributed by atoms with Crippen molar-refractivity contribution < 1.29 is 22.8 Å². The van der Waals surface area contributed by atoms with E-state index >= 15 is 0 Å². The van der Waals surface area contributed by atoms with Crippen molar-refractivity contribution in [3.63, 3.8) is 0 Å². The number of aromatic nitrogens is 2. The number of fused-ring (bicyclic) bond motifs is 1. The second-order valence-corrected chi connectivity index (χ2v) is 9.17. The van der Waals surface area contributed by atoms with E-state index in [1.54, 1.807) is 67.0 Å². The largest absolute Gasteiger partial charge is 0.418 e. The number of carbonyl (C=O) groups excluding carboxylic acids is 2. The predicted molar refractivity (Wildman–Crippen MR) is 136 cm³/mol. The third-order valence-electron chi connectivity index (χ3n) is 5.71. The van der Waals surface area contributed by atoms with Gasteiger partial charge in [-0.05, 0) is 42.0 Å². The van der Waals surface area contributed by atoms with Gasteiger partial charge in [0, 0.05) is 29.1 Å². The van der Waals surface area contributed by atoms with Gasteiger partial charge in [0.05, 0.1) is 22.3 Å². The molecular weight excluding hydrogens is 499 g/mol. The molecule has 3 aromatic carbocycles. The Labute approximate surface area is 213 Å². The molecular formula is C28H18F3N3O2S. The molecule has 0 aliphatic rings. The summed E-state index contributed by atoms with van der Waals surface area (Å²) in [7, 11) is 0. The maximum Gasteiger partial charge on any atom is 0.418 e. The normalized spacial score (nSPS) is 11.4. The highest BCUT2D eigenvalue weighted by molar-refractivity contribution is 7.22. The highest BCUT2D eigenvalue weighted by Gasteiger charge is 2.34. The number of ketones is 1. The summed E-state index contributed by atoms with van der Waals surface area (Å²) in [5.41, 5.74) is 0.886. The quantitative estimate of drug-likeness (QED) is 0.233. The Morgan fingerprint density at radius 3 is 2.11 bits per heavy atom. The molecule has 0 saturated carbocycles. The summed E-state index contributed by atoms with van der Waals surface area (Å²) in [4.78, 5) is 35.9. The number of hydrogen-bond donors (Lipinski definition) is 0. The molecule has 0 saturated heterocycles. The molecule has 9 heteroatoms. The smallest absolute Gasteiger partial charge is 0.289 e. The molecule has 0 aliphatic heterocycles. The van der Waals surface area contributed by atoms with E-state index < -0.39 is 17.6 Å². The van der Waals surface area contributed by atoms with E-state index in [1.807, 2.05) is 6.07 Å². The fourth-order valence-corrected chi connectivity index (χ4v) is 4.84. The van der Waals surface area contributed by atoms with Crippen molar-refractivity contribution in [1.29, 1.82) is 0 Å². The summed E-state index contributed by atoms with van der Waals surface area (Å²) in [6.45, 7) is 0.0766. The van der Waals surface area contributed by atoms with Gasteiger partial charge in [0.25, 0.3) is 5.91 Å². The van der Waals surface area contributed by atoms with Gasteiger partial charge < -0.3 is 0 Å². The molecule has 184 valence electrons. The third kappa shape index (κ3) is 5.12. The van der Waals surface area contributed by atoms with Crippen LogP contribution in [-0.4, -0.2) is 21.7 Å². The van der Waals surface area contributed by atoms with Gasteiger partial charge in [-0.2, -0.15) is 13.2 Å². The van der Waals surface area contributed by atoms with E-state index in [0.29, 0.717) is 15.8 Å². The highest BCUT2D eigenvalue weighted by Crippen LogP contribution is 2.39. The molecule has 5 nitrogen and oxygen atoms in total. The second kappa shape index (κ2) is 9.94. The molecule has 0 spiro atoms. The minimum absolute atomic E-state index is 0.0766. The van der Waals surface area contributed by atoms with Crippen LogP contribution in [0.3, 0.4) is 0 Å². The van der Waals surface area contributed by atoms with E-state index in [2.05, 4.69) is 9.97 Å². The van der Waals surface area contributed by atoms with Gasteiger partial charge >= 0.3 is 6.18 Å². The number of benzene rings is 3. The molecule has 0 atom stereocenters. The predicted octanol–water partition coefficient (Wildman–Crippen LogP) is 6.79. The van der Waals surface area contributed by atoms with E-state index in [-0.39, 0.29) is 28.5 Å². The number of thiazole rings is 1. The van der Waals surface area contributed by atoms with Crippen molar-refractivity contribution in [2.24, 2.45) is 0 Å². The van der Waals surface area contributed by atoms with Gasteiger partial charge in [0.2, 0.25) is 0 Å². The van der Waals surface area contributed by atoms with Crippen molar-refractivity contribution in [3.8, 4) is 0 Å². The first kappa shape index (κ1) is 24.3. The van der Waals surface area contributed by atoms with Crippen LogP contribution in [0.2, 0.25) is 0 Å². The zero-order valence-electron chi connectivity index (χ0n) is 19.1. The number of nitrogens with zero attached hydrogens (tertiary/aromatic N) is 3. The lowest BCUT2D eigenvalue weighted by atomic mass is 10.0. The molecule has 1 amide bonds. The van der Waals surface area contributed by atoms with Crippen molar-refractivity contribution in [3.05, 3.63) is 125 Å². The summed E-state index contributed by atoms with van der Waals surface area (Å²) >= 11 is 1.01. The Balaban J connectivity index is 1.51. The number of rotatable bonds is 6. The Kier molecular flexibility index (Phi) is 6.54. The van der Waals surface area contributed by atoms with Crippen LogP contribution in [0, 0.1) is 0 Å². The van der Waals surface area contributed by atoms with Crippen molar-refractivity contribution >= 4 is 38.4 Å². The van der Waals surface area contributed by atoms with Crippen LogP contribution in [0.25, 0.3) is 10.2 Å². The van der Waals surface area contributed by atoms with Gasteiger partial charge in [-0.15, -0.1) is 0 Å². The number of amides is 1. The summed E-state index contributed by atoms with van der Waals surface area (Å²) < 4.78 is 41.0. The number of hydrogen-bond acceptors (Lipinski definition) is 5. The van der Waals surface area contributed by atoms with Crippen LogP contribution >= 0.6 is 11.3 Å². The van der Waals surface area contributed by atoms with Crippen molar-refractivity contribution in [2.75, 3.05) is 4.90 Å². The maximum atomic E-state index is 13.6. The monoisotopic (exact) mass is 517 g/mol. The fourth-order valence-electron chi connectivity index (χ4n) is 3.85. The minimum Gasteiger partial charge on any atom is -0.289 e. The Morgan fingerprint density at radius 1 is 0.784 bits per heavy atom. The van der Waals surface area contributed by atoms with Crippen LogP contribution < -0.4 is 4.90 Å². The molecule has 0 radical (unpaired) electrons. The molecule has 2 heterocycles. The molecule has 0 fully saturated rings. The zero-order valence-corrected chi connectivity index (χ0v) is 20.0.